The van der Waals surface area contributed by atoms with Crippen LogP contribution in [0.2, 0.25) is 10.0 Å². The van der Waals surface area contributed by atoms with Gasteiger partial charge in [0.2, 0.25) is 5.43 Å². The highest BCUT2D eigenvalue weighted by Gasteiger charge is 2.08. The van der Waals surface area contributed by atoms with Crippen LogP contribution in [0.4, 0.5) is 0 Å². The highest BCUT2D eigenvalue weighted by atomic mass is 35.5. The van der Waals surface area contributed by atoms with Crippen molar-refractivity contribution in [1.82, 2.24) is 0 Å². The zero-order chi connectivity index (χ0) is 12.0. The Labute approximate surface area is 106 Å². The zero-order valence-corrected chi connectivity index (χ0v) is 10.0. The average Bonchev–Trinajstić information content (AvgIpc) is 2.32. The Balaban J connectivity index is 2.58. The Hall–Kier alpha value is -1.51. The van der Waals surface area contributed by atoms with Crippen molar-refractivity contribution >= 4 is 45.1 Å². The lowest BCUT2D eigenvalue weighted by Gasteiger charge is -2.01. The molecule has 3 aromatic rings. The van der Waals surface area contributed by atoms with E-state index in [4.69, 9.17) is 27.6 Å². The summed E-state index contributed by atoms with van der Waals surface area (Å²) in [6.07, 6.45) is 0. The van der Waals surface area contributed by atoms with Crippen molar-refractivity contribution in [1.29, 1.82) is 0 Å². The van der Waals surface area contributed by atoms with Crippen molar-refractivity contribution in [2.75, 3.05) is 0 Å². The van der Waals surface area contributed by atoms with Gasteiger partial charge in [0.25, 0.3) is 0 Å². The van der Waals surface area contributed by atoms with E-state index in [9.17, 15) is 4.79 Å². The molecule has 0 fully saturated rings. The summed E-state index contributed by atoms with van der Waals surface area (Å²) in [6.45, 7) is 0. The van der Waals surface area contributed by atoms with Crippen LogP contribution in [0, 0.1) is 0 Å². The van der Waals surface area contributed by atoms with Gasteiger partial charge in [-0.15, -0.1) is 0 Å². The number of fused-ring (bicyclic) bond motifs is 2. The van der Waals surface area contributed by atoms with E-state index in [2.05, 4.69) is 0 Å². The molecule has 0 aliphatic heterocycles. The predicted octanol–water partition coefficient (Wildman–Crippen LogP) is 4.25. The molecule has 0 unspecified atom stereocenters. The van der Waals surface area contributed by atoms with E-state index in [1.54, 1.807) is 36.4 Å². The fourth-order valence-corrected chi connectivity index (χ4v) is 2.15. The van der Waals surface area contributed by atoms with Gasteiger partial charge in [-0.3, -0.25) is 4.79 Å². The molecular formula is C13H6Cl2O2. The minimum Gasteiger partial charge on any atom is -0.456 e. The average molecular weight is 265 g/mol. The quantitative estimate of drug-likeness (QED) is 0.568. The largest absolute Gasteiger partial charge is 0.456 e. The van der Waals surface area contributed by atoms with E-state index >= 15 is 0 Å². The maximum atomic E-state index is 12.2. The van der Waals surface area contributed by atoms with E-state index < -0.39 is 0 Å². The highest BCUT2D eigenvalue weighted by Crippen LogP contribution is 2.23. The molecule has 0 bridgehead atoms. The Kier molecular flexibility index (Phi) is 2.35. The molecule has 2 aromatic carbocycles. The highest BCUT2D eigenvalue weighted by molar-refractivity contribution is 6.31. The molecule has 2 nitrogen and oxygen atoms in total. The Morgan fingerprint density at radius 2 is 1.29 bits per heavy atom. The predicted molar refractivity (Wildman–Crippen MR) is 70.0 cm³/mol. The second-order valence-electron chi connectivity index (χ2n) is 3.71. The minimum absolute atomic E-state index is 0.119. The first-order valence-corrected chi connectivity index (χ1v) is 5.72. The molecule has 3 rings (SSSR count). The molecule has 0 N–H and O–H groups in total. The molecule has 0 amide bonds. The van der Waals surface area contributed by atoms with Gasteiger partial charge in [0, 0.05) is 10.0 Å². The fraction of sp³-hybridized carbons (Fsp3) is 0. The monoisotopic (exact) mass is 264 g/mol. The van der Waals surface area contributed by atoms with Gasteiger partial charge in [-0.1, -0.05) is 23.2 Å². The van der Waals surface area contributed by atoms with E-state index in [1.807, 2.05) is 0 Å². The van der Waals surface area contributed by atoms with Crippen LogP contribution in [0.3, 0.4) is 0 Å². The molecule has 84 valence electrons. The first-order chi connectivity index (χ1) is 8.15. The first-order valence-electron chi connectivity index (χ1n) is 4.97. The third-order valence-corrected chi connectivity index (χ3v) is 3.06. The van der Waals surface area contributed by atoms with Crippen molar-refractivity contribution in [3.63, 3.8) is 0 Å². The Morgan fingerprint density at radius 3 is 1.76 bits per heavy atom. The molecule has 0 atom stereocenters. The summed E-state index contributed by atoms with van der Waals surface area (Å²) in [5, 5.41) is 1.94. The van der Waals surface area contributed by atoms with Gasteiger partial charge < -0.3 is 4.42 Å². The zero-order valence-electron chi connectivity index (χ0n) is 8.54. The number of halogens is 2. The third kappa shape index (κ3) is 1.70. The molecule has 0 saturated heterocycles. The summed E-state index contributed by atoms with van der Waals surface area (Å²) < 4.78 is 5.62. The SMILES string of the molecule is O=c1c2cc(Cl)ccc2oc2ccc(Cl)cc12. The molecule has 1 heterocycles. The van der Waals surface area contributed by atoms with Crippen LogP contribution in [0.5, 0.6) is 0 Å². The molecule has 1 aromatic heterocycles. The van der Waals surface area contributed by atoms with E-state index in [0.29, 0.717) is 32.0 Å². The van der Waals surface area contributed by atoms with Gasteiger partial charge in [0.1, 0.15) is 11.2 Å². The molecule has 17 heavy (non-hydrogen) atoms. The van der Waals surface area contributed by atoms with Crippen LogP contribution in [0.25, 0.3) is 21.9 Å². The summed E-state index contributed by atoms with van der Waals surface area (Å²) in [4.78, 5) is 12.2. The summed E-state index contributed by atoms with van der Waals surface area (Å²) >= 11 is 11.7. The summed E-state index contributed by atoms with van der Waals surface area (Å²) in [7, 11) is 0. The smallest absolute Gasteiger partial charge is 0.200 e. The number of rotatable bonds is 0. The van der Waals surface area contributed by atoms with Crippen molar-refractivity contribution in [2.24, 2.45) is 0 Å². The number of benzene rings is 2. The Morgan fingerprint density at radius 1 is 0.824 bits per heavy atom. The van der Waals surface area contributed by atoms with Gasteiger partial charge in [-0.25, -0.2) is 0 Å². The number of hydrogen-bond acceptors (Lipinski definition) is 2. The lowest BCUT2D eigenvalue weighted by Crippen LogP contribution is -2.01. The molecule has 4 heteroatoms. The summed E-state index contributed by atoms with van der Waals surface area (Å²) in [6, 6.07) is 9.95. The topological polar surface area (TPSA) is 30.2 Å². The molecular weight excluding hydrogens is 259 g/mol. The standard InChI is InChI=1S/C13H6Cl2O2/c14-7-1-3-11-9(5-7)13(16)10-6-8(15)2-4-12(10)17-11/h1-6H. The van der Waals surface area contributed by atoms with Crippen molar-refractivity contribution in [3.05, 3.63) is 56.7 Å². The Bertz CT molecular complexity index is 727. The maximum absolute atomic E-state index is 12.2. The molecule has 0 saturated carbocycles. The lowest BCUT2D eigenvalue weighted by atomic mass is 10.1. The molecule has 0 aliphatic carbocycles. The van der Waals surface area contributed by atoms with E-state index in [1.165, 1.54) is 0 Å². The first kappa shape index (κ1) is 10.6. The van der Waals surface area contributed by atoms with E-state index in [-0.39, 0.29) is 5.43 Å². The van der Waals surface area contributed by atoms with Crippen LogP contribution in [-0.4, -0.2) is 0 Å². The van der Waals surface area contributed by atoms with Crippen molar-refractivity contribution in [3.8, 4) is 0 Å². The van der Waals surface area contributed by atoms with Crippen LogP contribution >= 0.6 is 23.2 Å². The fourth-order valence-electron chi connectivity index (χ4n) is 1.80. The van der Waals surface area contributed by atoms with E-state index in [0.717, 1.165) is 0 Å². The molecule has 0 aliphatic rings. The lowest BCUT2D eigenvalue weighted by molar-refractivity contribution is 0.660. The molecule has 0 spiro atoms. The van der Waals surface area contributed by atoms with Crippen LogP contribution in [0.1, 0.15) is 0 Å². The second kappa shape index (κ2) is 3.76. The van der Waals surface area contributed by atoms with Gasteiger partial charge in [0.15, 0.2) is 0 Å². The van der Waals surface area contributed by atoms with Crippen LogP contribution in [0.15, 0.2) is 45.6 Å². The van der Waals surface area contributed by atoms with Crippen LogP contribution in [-0.2, 0) is 0 Å². The van der Waals surface area contributed by atoms with Gasteiger partial charge in [-0.2, -0.15) is 0 Å². The number of hydrogen-bond donors (Lipinski definition) is 0. The third-order valence-electron chi connectivity index (χ3n) is 2.59. The van der Waals surface area contributed by atoms with Gasteiger partial charge in [-0.05, 0) is 36.4 Å². The van der Waals surface area contributed by atoms with Crippen molar-refractivity contribution < 1.29 is 4.42 Å². The summed E-state index contributed by atoms with van der Waals surface area (Å²) in [5.41, 5.74) is 0.926. The minimum atomic E-state index is -0.119. The van der Waals surface area contributed by atoms with Crippen LogP contribution < -0.4 is 5.43 Å². The normalized spacial score (nSPS) is 11.2. The van der Waals surface area contributed by atoms with Crippen molar-refractivity contribution in [2.45, 2.75) is 0 Å². The van der Waals surface area contributed by atoms with Gasteiger partial charge in [0.05, 0.1) is 10.8 Å². The molecule has 0 radical (unpaired) electrons. The van der Waals surface area contributed by atoms with Gasteiger partial charge >= 0.3 is 0 Å². The second-order valence-corrected chi connectivity index (χ2v) is 4.59. The maximum Gasteiger partial charge on any atom is 0.200 e. The summed E-state index contributed by atoms with van der Waals surface area (Å²) in [5.74, 6) is 0.